The fourth-order valence-corrected chi connectivity index (χ4v) is 4.85. The van der Waals surface area contributed by atoms with Crippen LogP contribution >= 0.6 is 0 Å². The maximum atomic E-state index is 15.4. The van der Waals surface area contributed by atoms with E-state index >= 15 is 4.39 Å². The maximum Gasteiger partial charge on any atom is 0.263 e. The molecular formula is C22H15F3N6O2S. The molecule has 0 unspecified atom stereocenters. The van der Waals surface area contributed by atoms with Gasteiger partial charge in [0.2, 0.25) is 0 Å². The van der Waals surface area contributed by atoms with Gasteiger partial charge in [-0.3, -0.25) is 9.71 Å². The van der Waals surface area contributed by atoms with Crippen molar-refractivity contribution < 1.29 is 21.6 Å². The van der Waals surface area contributed by atoms with E-state index in [2.05, 4.69) is 24.7 Å². The van der Waals surface area contributed by atoms with Crippen LogP contribution in [0.15, 0.2) is 66.3 Å². The summed E-state index contributed by atoms with van der Waals surface area (Å²) in [6.45, 7) is 1.37. The Morgan fingerprint density at radius 2 is 1.88 bits per heavy atom. The number of benzene rings is 1. The molecule has 5 aromatic rings. The van der Waals surface area contributed by atoms with E-state index in [1.165, 1.54) is 25.5 Å². The Bertz CT molecular complexity index is 1650. The lowest BCUT2D eigenvalue weighted by Crippen LogP contribution is -2.16. The van der Waals surface area contributed by atoms with Crippen LogP contribution in [0.3, 0.4) is 0 Å². The molecule has 5 rings (SSSR count). The number of imidazole rings is 2. The summed E-state index contributed by atoms with van der Waals surface area (Å²) in [5.74, 6) is -2.36. The number of aromatic amines is 1. The molecule has 172 valence electrons. The molecule has 0 aliphatic carbocycles. The van der Waals surface area contributed by atoms with E-state index in [1.54, 1.807) is 22.9 Å². The molecule has 4 heterocycles. The van der Waals surface area contributed by atoms with Crippen LogP contribution in [-0.2, 0) is 10.0 Å². The van der Waals surface area contributed by atoms with Crippen molar-refractivity contribution in [1.29, 1.82) is 0 Å². The van der Waals surface area contributed by atoms with E-state index in [0.717, 1.165) is 24.4 Å². The molecule has 4 aromatic heterocycles. The van der Waals surface area contributed by atoms with Crippen LogP contribution in [0.4, 0.5) is 18.9 Å². The Hall–Kier alpha value is -4.19. The number of aromatic nitrogens is 5. The second-order valence-corrected chi connectivity index (χ2v) is 9.02. The lowest BCUT2D eigenvalue weighted by atomic mass is 10.0. The number of nitrogens with one attached hydrogen (secondary N) is 2. The zero-order valence-corrected chi connectivity index (χ0v) is 18.2. The monoisotopic (exact) mass is 484 g/mol. The average molecular weight is 484 g/mol. The number of halogens is 3. The molecule has 2 N–H and O–H groups in total. The lowest BCUT2D eigenvalue weighted by molar-refractivity contribution is 0.584. The first-order valence-electron chi connectivity index (χ1n) is 9.84. The first-order valence-corrected chi connectivity index (χ1v) is 11.3. The summed E-state index contributed by atoms with van der Waals surface area (Å²) in [6.07, 6.45) is 7.03. The summed E-state index contributed by atoms with van der Waals surface area (Å²) >= 11 is 0. The molecule has 34 heavy (non-hydrogen) atoms. The number of nitrogens with zero attached hydrogens (tertiary/aromatic N) is 4. The highest BCUT2D eigenvalue weighted by Crippen LogP contribution is 2.33. The van der Waals surface area contributed by atoms with E-state index in [0.29, 0.717) is 17.0 Å². The third-order valence-corrected chi connectivity index (χ3v) is 6.66. The zero-order valence-electron chi connectivity index (χ0n) is 17.4. The Kier molecular flexibility index (Phi) is 5.09. The second-order valence-electron chi connectivity index (χ2n) is 7.37. The van der Waals surface area contributed by atoms with Crippen LogP contribution in [-0.4, -0.2) is 32.8 Å². The van der Waals surface area contributed by atoms with E-state index in [4.69, 9.17) is 0 Å². The smallest absolute Gasteiger partial charge is 0.263 e. The molecule has 0 saturated heterocycles. The van der Waals surface area contributed by atoms with Crippen LogP contribution < -0.4 is 4.72 Å². The van der Waals surface area contributed by atoms with Crippen LogP contribution in [0, 0.1) is 24.4 Å². The number of H-pyrrole nitrogens is 1. The molecule has 1 aromatic carbocycles. The highest BCUT2D eigenvalue weighted by molar-refractivity contribution is 7.92. The van der Waals surface area contributed by atoms with Gasteiger partial charge >= 0.3 is 0 Å². The topological polar surface area (TPSA) is 105 Å². The van der Waals surface area contributed by atoms with Gasteiger partial charge in [0.25, 0.3) is 10.0 Å². The first kappa shape index (κ1) is 21.6. The predicted molar refractivity (Wildman–Crippen MR) is 118 cm³/mol. The number of aryl methyl sites for hydroxylation is 1. The second kappa shape index (κ2) is 7.99. The normalized spacial score (nSPS) is 11.8. The standard InChI is InChI=1S/C22H15F3N6O2S/c1-12-18(8-14(23)9-28-12)34(32,33)30-16-4-3-15(24)19(20(16)25)13-2-5-17-21(22-26-6-7-27-22)29-11-31(17)10-13/h2-11,30H,1H3,(H,26,27). The van der Waals surface area contributed by atoms with E-state index < -0.39 is 43.6 Å². The van der Waals surface area contributed by atoms with E-state index in [-0.39, 0.29) is 11.3 Å². The highest BCUT2D eigenvalue weighted by Gasteiger charge is 2.23. The van der Waals surface area contributed by atoms with Crippen LogP contribution in [0.1, 0.15) is 5.69 Å². The fourth-order valence-electron chi connectivity index (χ4n) is 3.58. The van der Waals surface area contributed by atoms with Gasteiger partial charge in [0.1, 0.15) is 28.6 Å². The Morgan fingerprint density at radius 3 is 2.65 bits per heavy atom. The molecule has 0 atom stereocenters. The van der Waals surface area contributed by atoms with Crippen molar-refractivity contribution in [3.63, 3.8) is 0 Å². The Balaban J connectivity index is 1.56. The molecule has 0 amide bonds. The summed E-state index contributed by atoms with van der Waals surface area (Å²) in [5, 5.41) is 0. The minimum Gasteiger partial charge on any atom is -0.343 e. The van der Waals surface area contributed by atoms with Crippen LogP contribution in [0.2, 0.25) is 0 Å². The maximum absolute atomic E-state index is 15.4. The third-order valence-electron chi connectivity index (χ3n) is 5.17. The molecular weight excluding hydrogens is 469 g/mol. The van der Waals surface area contributed by atoms with Crippen molar-refractivity contribution in [1.82, 2.24) is 24.3 Å². The van der Waals surface area contributed by atoms with E-state index in [1.807, 2.05) is 0 Å². The highest BCUT2D eigenvalue weighted by atomic mass is 32.2. The van der Waals surface area contributed by atoms with Crippen molar-refractivity contribution in [2.75, 3.05) is 4.72 Å². The number of hydrogen-bond acceptors (Lipinski definition) is 5. The molecule has 12 heteroatoms. The van der Waals surface area contributed by atoms with Gasteiger partial charge < -0.3 is 9.38 Å². The van der Waals surface area contributed by atoms with Gasteiger partial charge in [0.05, 0.1) is 28.7 Å². The summed E-state index contributed by atoms with van der Waals surface area (Å²) in [7, 11) is -4.40. The van der Waals surface area contributed by atoms with Gasteiger partial charge in [-0.05, 0) is 31.2 Å². The van der Waals surface area contributed by atoms with Crippen molar-refractivity contribution >= 4 is 21.2 Å². The quantitative estimate of drug-likeness (QED) is 0.387. The summed E-state index contributed by atoms with van der Waals surface area (Å²) in [4.78, 5) is 14.6. The Labute approximate surface area is 191 Å². The van der Waals surface area contributed by atoms with Crippen molar-refractivity contribution in [2.24, 2.45) is 0 Å². The van der Waals surface area contributed by atoms with Crippen molar-refractivity contribution in [2.45, 2.75) is 11.8 Å². The summed E-state index contributed by atoms with van der Waals surface area (Å²) < 4.78 is 72.8. The molecule has 0 spiro atoms. The molecule has 0 aliphatic heterocycles. The Morgan fingerprint density at radius 1 is 1.06 bits per heavy atom. The van der Waals surface area contributed by atoms with Crippen LogP contribution in [0.5, 0.6) is 0 Å². The van der Waals surface area contributed by atoms with Gasteiger partial charge in [-0.2, -0.15) is 0 Å². The number of anilines is 1. The molecule has 0 saturated carbocycles. The van der Waals surface area contributed by atoms with Gasteiger partial charge in [-0.15, -0.1) is 0 Å². The first-order chi connectivity index (χ1) is 16.2. The summed E-state index contributed by atoms with van der Waals surface area (Å²) in [5.41, 5.74) is 0.431. The third kappa shape index (κ3) is 3.67. The summed E-state index contributed by atoms with van der Waals surface area (Å²) in [6, 6.07) is 5.79. The number of sulfonamides is 1. The molecule has 0 bridgehead atoms. The average Bonchev–Trinajstić information content (AvgIpc) is 3.47. The molecule has 0 radical (unpaired) electrons. The minimum absolute atomic E-state index is 0.0227. The molecule has 0 fully saturated rings. The van der Waals surface area contributed by atoms with Gasteiger partial charge in [-0.1, -0.05) is 6.07 Å². The number of pyridine rings is 2. The van der Waals surface area contributed by atoms with E-state index in [9.17, 15) is 17.2 Å². The zero-order chi connectivity index (χ0) is 24.0. The molecule has 8 nitrogen and oxygen atoms in total. The fraction of sp³-hybridized carbons (Fsp3) is 0.0455. The van der Waals surface area contributed by atoms with Crippen molar-refractivity contribution in [3.05, 3.63) is 84.6 Å². The van der Waals surface area contributed by atoms with Crippen molar-refractivity contribution in [3.8, 4) is 22.6 Å². The van der Waals surface area contributed by atoms with Crippen LogP contribution in [0.25, 0.3) is 28.2 Å². The lowest BCUT2D eigenvalue weighted by Gasteiger charge is -2.14. The molecule has 0 aliphatic rings. The largest absolute Gasteiger partial charge is 0.343 e. The van der Waals surface area contributed by atoms with Gasteiger partial charge in [0.15, 0.2) is 11.6 Å². The number of fused-ring (bicyclic) bond motifs is 1. The van der Waals surface area contributed by atoms with Gasteiger partial charge in [0, 0.05) is 24.2 Å². The number of hydrogen-bond donors (Lipinski definition) is 2. The minimum atomic E-state index is -4.40. The SMILES string of the molecule is Cc1ncc(F)cc1S(=O)(=O)Nc1ccc(F)c(-c2ccc3c(-c4ncc[nH]4)ncn3c2)c1F. The predicted octanol–water partition coefficient (Wildman–Crippen LogP) is 4.31. The number of rotatable bonds is 5. The van der Waals surface area contributed by atoms with Gasteiger partial charge in [-0.25, -0.2) is 31.6 Å².